The van der Waals surface area contributed by atoms with Gasteiger partial charge in [-0.05, 0) is 97.1 Å². The first-order chi connectivity index (χ1) is 27.8. The SMILES string of the molecule is [Fe+2].[O-][Cl+3]([O-])([O-])[O-].[O-][Cl+3]([O-])([O-])[O-].c1ccc(-c2cccc(-c3cccc(-c4ccccn4)n3)n2)nc1.c1ccc(-c2cccc(-c3cccc(-c4ccccn4)n3)n2)nc1. The van der Waals surface area contributed by atoms with E-state index >= 15 is 0 Å². The molecule has 0 N–H and O–H groups in total. The van der Waals surface area contributed by atoms with E-state index in [1.807, 2.05) is 146 Å². The average Bonchev–Trinajstić information content (AvgIpc) is 3.24. The second-order valence-corrected chi connectivity index (χ2v) is 12.8. The zero-order valence-corrected chi connectivity index (χ0v) is 32.7. The molecule has 59 heavy (non-hydrogen) atoms. The first-order valence-electron chi connectivity index (χ1n) is 16.6. The van der Waals surface area contributed by atoms with Gasteiger partial charge in [0.1, 0.15) is 0 Å². The molecule has 8 aromatic heterocycles. The van der Waals surface area contributed by atoms with Crippen molar-refractivity contribution in [3.63, 3.8) is 0 Å². The van der Waals surface area contributed by atoms with Crippen molar-refractivity contribution in [1.82, 2.24) is 39.9 Å². The number of halogens is 2. The summed E-state index contributed by atoms with van der Waals surface area (Å²) in [7, 11) is -9.89. The Kier molecular flexibility index (Phi) is 17.2. The summed E-state index contributed by atoms with van der Waals surface area (Å²) in [5, 5.41) is 0. The zero-order chi connectivity index (χ0) is 41.4. The Morgan fingerprint density at radius 1 is 0.237 bits per heavy atom. The summed E-state index contributed by atoms with van der Waals surface area (Å²) in [6, 6.07) is 46.7. The van der Waals surface area contributed by atoms with Gasteiger partial charge in [0, 0.05) is 24.8 Å². The van der Waals surface area contributed by atoms with E-state index in [1.165, 1.54) is 0 Å². The summed E-state index contributed by atoms with van der Waals surface area (Å²) >= 11 is 0. The maximum atomic E-state index is 8.49. The summed E-state index contributed by atoms with van der Waals surface area (Å²) in [4.78, 5) is 36.2. The molecule has 8 aromatic rings. The van der Waals surface area contributed by atoms with Gasteiger partial charge in [0.05, 0.1) is 68.3 Å². The van der Waals surface area contributed by atoms with Gasteiger partial charge in [0.15, 0.2) is 0 Å². The van der Waals surface area contributed by atoms with Crippen molar-refractivity contribution in [2.75, 3.05) is 0 Å². The minimum atomic E-state index is -4.94. The van der Waals surface area contributed by atoms with Crippen LogP contribution in [0.4, 0.5) is 0 Å². The van der Waals surface area contributed by atoms with Crippen LogP contribution in [0.3, 0.4) is 0 Å². The molecule has 0 saturated carbocycles. The molecular weight excluding hydrogens is 847 g/mol. The van der Waals surface area contributed by atoms with Gasteiger partial charge in [-0.1, -0.05) is 48.5 Å². The van der Waals surface area contributed by atoms with E-state index in [4.69, 9.17) is 57.2 Å². The van der Waals surface area contributed by atoms with E-state index in [1.54, 1.807) is 24.8 Å². The van der Waals surface area contributed by atoms with E-state index in [0.717, 1.165) is 68.3 Å². The average molecular weight is 875 g/mol. The quantitative estimate of drug-likeness (QED) is 0.181. The maximum absolute atomic E-state index is 8.49. The van der Waals surface area contributed by atoms with Crippen molar-refractivity contribution in [2.24, 2.45) is 0 Å². The van der Waals surface area contributed by atoms with Crippen molar-refractivity contribution in [1.29, 1.82) is 0 Å². The van der Waals surface area contributed by atoms with Crippen molar-refractivity contribution < 1.29 is 74.8 Å². The van der Waals surface area contributed by atoms with Crippen LogP contribution in [-0.2, 0) is 17.1 Å². The van der Waals surface area contributed by atoms with Gasteiger partial charge in [-0.3, -0.25) is 19.9 Å². The molecule has 0 spiro atoms. The summed E-state index contributed by atoms with van der Waals surface area (Å²) in [6.45, 7) is 0. The Bertz CT molecular complexity index is 2130. The van der Waals surface area contributed by atoms with Crippen LogP contribution in [0.15, 0.2) is 170 Å². The molecule has 16 nitrogen and oxygen atoms in total. The molecule has 0 amide bonds. The minimum Gasteiger partial charge on any atom is -0.255 e. The molecule has 0 aromatic carbocycles. The van der Waals surface area contributed by atoms with Gasteiger partial charge in [-0.25, -0.2) is 57.2 Å². The van der Waals surface area contributed by atoms with Crippen LogP contribution in [-0.4, -0.2) is 39.9 Å². The van der Waals surface area contributed by atoms with Gasteiger partial charge in [-0.2, -0.15) is 0 Å². The number of nitrogens with zero attached hydrogens (tertiary/aromatic N) is 8. The van der Waals surface area contributed by atoms with E-state index in [-0.39, 0.29) is 17.1 Å². The molecule has 0 aliphatic heterocycles. The molecule has 0 atom stereocenters. The van der Waals surface area contributed by atoms with Crippen LogP contribution in [0.25, 0.3) is 68.3 Å². The second kappa shape index (κ2) is 22.2. The number of hydrogen-bond acceptors (Lipinski definition) is 16. The van der Waals surface area contributed by atoms with E-state index < -0.39 is 20.5 Å². The minimum absolute atomic E-state index is 0. The van der Waals surface area contributed by atoms with Crippen LogP contribution in [0.2, 0.25) is 0 Å². The maximum Gasteiger partial charge on any atom is 2.00 e. The Hall–Kier alpha value is -6.02. The second-order valence-electron chi connectivity index (χ2n) is 11.2. The molecule has 0 aliphatic carbocycles. The fraction of sp³-hybridized carbons (Fsp3) is 0. The van der Waals surface area contributed by atoms with Gasteiger partial charge >= 0.3 is 17.1 Å². The van der Waals surface area contributed by atoms with E-state index in [0.29, 0.717) is 0 Å². The first-order valence-corrected chi connectivity index (χ1v) is 19.1. The van der Waals surface area contributed by atoms with Crippen molar-refractivity contribution in [2.45, 2.75) is 0 Å². The molecule has 0 unspecified atom stereocenters. The number of pyridine rings is 8. The fourth-order valence-electron chi connectivity index (χ4n) is 4.94. The Morgan fingerprint density at radius 2 is 0.390 bits per heavy atom. The number of aromatic nitrogens is 8. The smallest absolute Gasteiger partial charge is 0.255 e. The van der Waals surface area contributed by atoms with E-state index in [2.05, 4.69) is 19.9 Å². The molecule has 8 rings (SSSR count). The fourth-order valence-corrected chi connectivity index (χ4v) is 4.94. The molecular formula is C40H28Cl2FeN8O8. The monoisotopic (exact) mass is 874 g/mol. The third-order valence-electron chi connectivity index (χ3n) is 7.23. The van der Waals surface area contributed by atoms with Crippen LogP contribution in [0.1, 0.15) is 0 Å². The number of rotatable bonds is 6. The van der Waals surface area contributed by atoms with Crippen LogP contribution >= 0.6 is 0 Å². The standard InChI is InChI=1S/2C20H14N4.2ClHO4.Fe/c2*1-3-13-21-15(7-1)17-9-5-11-19(23-17)20-12-6-10-18(24-20)16-8-2-4-14-22-16;2*2-1(3,4)5;/h2*1-14H;2*(H,2,3,4,5);/q;;;;+2/p-2. The van der Waals surface area contributed by atoms with Gasteiger partial charge in [0.2, 0.25) is 0 Å². The topological polar surface area (TPSA) is 288 Å². The largest absolute Gasteiger partial charge is 2.00 e. The van der Waals surface area contributed by atoms with Crippen molar-refractivity contribution in [3.8, 4) is 68.3 Å². The summed E-state index contributed by atoms with van der Waals surface area (Å²) in [5.41, 5.74) is 9.98. The summed E-state index contributed by atoms with van der Waals surface area (Å²) in [6.07, 6.45) is 7.07. The van der Waals surface area contributed by atoms with E-state index in [9.17, 15) is 0 Å². The Morgan fingerprint density at radius 3 is 0.542 bits per heavy atom. The Balaban J connectivity index is 0.000000210. The van der Waals surface area contributed by atoms with Gasteiger partial charge in [-0.15, -0.1) is 20.5 Å². The normalized spacial score (nSPS) is 10.6. The Labute approximate surface area is 351 Å². The molecule has 0 bridgehead atoms. The molecule has 19 heteroatoms. The third-order valence-corrected chi connectivity index (χ3v) is 7.23. The predicted molar refractivity (Wildman–Crippen MR) is 188 cm³/mol. The van der Waals surface area contributed by atoms with Crippen molar-refractivity contribution in [3.05, 3.63) is 170 Å². The molecule has 0 fully saturated rings. The molecule has 0 radical (unpaired) electrons. The van der Waals surface area contributed by atoms with Crippen LogP contribution in [0, 0.1) is 20.5 Å². The zero-order valence-electron chi connectivity index (χ0n) is 30.1. The molecule has 8 heterocycles. The first kappa shape index (κ1) is 45.7. The van der Waals surface area contributed by atoms with Crippen LogP contribution in [0.5, 0.6) is 0 Å². The summed E-state index contributed by atoms with van der Waals surface area (Å²) < 4.78 is 67.9. The number of hydrogen-bond donors (Lipinski definition) is 0. The molecule has 0 aliphatic rings. The van der Waals surface area contributed by atoms with Gasteiger partial charge in [0.25, 0.3) is 0 Å². The van der Waals surface area contributed by atoms with Crippen LogP contribution < -0.4 is 37.3 Å². The van der Waals surface area contributed by atoms with Crippen molar-refractivity contribution >= 4 is 0 Å². The van der Waals surface area contributed by atoms with Gasteiger partial charge < -0.3 is 0 Å². The molecule has 0 saturated heterocycles. The molecule has 298 valence electrons. The predicted octanol–water partition coefficient (Wildman–Crippen LogP) is -0.979. The summed E-state index contributed by atoms with van der Waals surface area (Å²) in [5.74, 6) is 0. The third kappa shape index (κ3) is 16.0.